The molecule has 0 spiro atoms. The average Bonchev–Trinajstić information content (AvgIpc) is 2.61. The topological polar surface area (TPSA) is 72.8 Å². The van der Waals surface area contributed by atoms with Gasteiger partial charge in [0, 0.05) is 18.0 Å². The molecule has 23 heavy (non-hydrogen) atoms. The van der Waals surface area contributed by atoms with Crippen molar-refractivity contribution in [3.8, 4) is 11.5 Å². The van der Waals surface area contributed by atoms with Crippen molar-refractivity contribution >= 4 is 12.1 Å². The molecule has 1 N–H and O–H groups in total. The van der Waals surface area contributed by atoms with Crippen LogP contribution in [-0.2, 0) is 0 Å². The summed E-state index contributed by atoms with van der Waals surface area (Å²) in [5, 5.41) is 3.94. The summed E-state index contributed by atoms with van der Waals surface area (Å²) in [6.07, 6.45) is 5.58. The number of carbonyl (C=O) groups excluding carboxylic acids is 1. The number of benzene rings is 1. The molecular weight excluding hydrogens is 294 g/mol. The van der Waals surface area contributed by atoms with Crippen molar-refractivity contribution in [2.45, 2.75) is 13.3 Å². The molecule has 0 aliphatic carbocycles. The largest absolute Gasteiger partial charge is 0.493 e. The van der Waals surface area contributed by atoms with Crippen LogP contribution in [0.5, 0.6) is 11.5 Å². The minimum absolute atomic E-state index is 0.293. The van der Waals surface area contributed by atoms with Crippen LogP contribution in [0.15, 0.2) is 47.8 Å². The van der Waals surface area contributed by atoms with Crippen LogP contribution in [0.1, 0.15) is 29.3 Å². The zero-order chi connectivity index (χ0) is 16.5. The van der Waals surface area contributed by atoms with E-state index in [1.165, 1.54) is 0 Å². The van der Waals surface area contributed by atoms with E-state index in [1.807, 2.05) is 19.1 Å². The van der Waals surface area contributed by atoms with Crippen molar-refractivity contribution in [3.05, 3.63) is 53.9 Å². The van der Waals surface area contributed by atoms with Crippen molar-refractivity contribution < 1.29 is 14.3 Å². The molecule has 0 bridgehead atoms. The molecule has 1 amide bonds. The van der Waals surface area contributed by atoms with E-state index in [-0.39, 0.29) is 5.91 Å². The SMILES string of the molecule is CCCOc1ccc(C=NNC(=O)c2ccncc2)cc1OC. The minimum atomic E-state index is -0.293. The maximum Gasteiger partial charge on any atom is 0.271 e. The number of hydrazone groups is 1. The van der Waals surface area contributed by atoms with Gasteiger partial charge in [-0.3, -0.25) is 9.78 Å². The van der Waals surface area contributed by atoms with E-state index >= 15 is 0 Å². The fourth-order valence-electron chi connectivity index (χ4n) is 1.83. The first-order valence-corrected chi connectivity index (χ1v) is 7.29. The molecule has 120 valence electrons. The van der Waals surface area contributed by atoms with E-state index in [1.54, 1.807) is 43.9 Å². The van der Waals surface area contributed by atoms with E-state index in [9.17, 15) is 4.79 Å². The number of hydrogen-bond donors (Lipinski definition) is 1. The Hall–Kier alpha value is -2.89. The Balaban J connectivity index is 2.00. The quantitative estimate of drug-likeness (QED) is 0.630. The molecular formula is C17H19N3O3. The van der Waals surface area contributed by atoms with E-state index in [2.05, 4.69) is 15.5 Å². The van der Waals surface area contributed by atoms with Gasteiger partial charge in [0.05, 0.1) is 19.9 Å². The first kappa shape index (κ1) is 16.5. The van der Waals surface area contributed by atoms with E-state index in [0.29, 0.717) is 23.7 Å². The van der Waals surface area contributed by atoms with E-state index < -0.39 is 0 Å². The molecule has 2 aromatic rings. The Labute approximate surface area is 135 Å². The lowest BCUT2D eigenvalue weighted by atomic mass is 10.2. The molecule has 0 atom stereocenters. The standard InChI is InChI=1S/C17H19N3O3/c1-3-10-23-15-5-4-13(11-16(15)22-2)12-19-20-17(21)14-6-8-18-9-7-14/h4-9,11-12H,3,10H2,1-2H3,(H,20,21). The fourth-order valence-corrected chi connectivity index (χ4v) is 1.83. The summed E-state index contributed by atoms with van der Waals surface area (Å²) in [6, 6.07) is 8.70. The van der Waals surface area contributed by atoms with Crippen molar-refractivity contribution in [1.82, 2.24) is 10.4 Å². The molecule has 6 heteroatoms. The summed E-state index contributed by atoms with van der Waals surface area (Å²) in [5.41, 5.74) is 3.76. The van der Waals surface area contributed by atoms with Gasteiger partial charge in [0.25, 0.3) is 5.91 Å². The van der Waals surface area contributed by atoms with Crippen molar-refractivity contribution in [1.29, 1.82) is 0 Å². The van der Waals surface area contributed by atoms with Crippen LogP contribution in [0.4, 0.5) is 0 Å². The summed E-state index contributed by atoms with van der Waals surface area (Å²) >= 11 is 0. The first-order chi connectivity index (χ1) is 11.2. The van der Waals surface area contributed by atoms with Gasteiger partial charge in [0.2, 0.25) is 0 Å². The normalized spacial score (nSPS) is 10.5. The van der Waals surface area contributed by atoms with Crippen LogP contribution < -0.4 is 14.9 Å². The van der Waals surface area contributed by atoms with Crippen LogP contribution in [0.25, 0.3) is 0 Å². The van der Waals surface area contributed by atoms with Gasteiger partial charge in [-0.25, -0.2) is 5.43 Å². The van der Waals surface area contributed by atoms with Crippen LogP contribution >= 0.6 is 0 Å². The molecule has 2 rings (SSSR count). The number of nitrogens with one attached hydrogen (secondary N) is 1. The van der Waals surface area contributed by atoms with Gasteiger partial charge >= 0.3 is 0 Å². The molecule has 1 heterocycles. The van der Waals surface area contributed by atoms with Gasteiger partial charge in [0.1, 0.15) is 0 Å². The fraction of sp³-hybridized carbons (Fsp3) is 0.235. The smallest absolute Gasteiger partial charge is 0.271 e. The predicted molar refractivity (Wildman–Crippen MR) is 88.1 cm³/mol. The lowest BCUT2D eigenvalue weighted by Crippen LogP contribution is -2.17. The number of ether oxygens (including phenoxy) is 2. The summed E-state index contributed by atoms with van der Waals surface area (Å²) < 4.78 is 10.9. The molecule has 0 saturated carbocycles. The number of carbonyl (C=O) groups is 1. The van der Waals surface area contributed by atoms with Gasteiger partial charge in [-0.2, -0.15) is 5.10 Å². The van der Waals surface area contributed by atoms with Gasteiger partial charge in [-0.1, -0.05) is 6.92 Å². The second-order valence-electron chi connectivity index (χ2n) is 4.69. The molecule has 6 nitrogen and oxygen atoms in total. The summed E-state index contributed by atoms with van der Waals surface area (Å²) in [6.45, 7) is 2.67. The Bertz CT molecular complexity index is 672. The highest BCUT2D eigenvalue weighted by molar-refractivity contribution is 5.94. The number of methoxy groups -OCH3 is 1. The summed E-state index contributed by atoms with van der Waals surface area (Å²) in [7, 11) is 1.58. The first-order valence-electron chi connectivity index (χ1n) is 7.29. The Kier molecular flexibility index (Phi) is 6.11. The van der Waals surface area contributed by atoms with Crippen LogP contribution in [0.3, 0.4) is 0 Å². The highest BCUT2D eigenvalue weighted by Gasteiger charge is 2.05. The van der Waals surface area contributed by atoms with E-state index in [4.69, 9.17) is 9.47 Å². The summed E-state index contributed by atoms with van der Waals surface area (Å²) in [4.78, 5) is 15.7. The third kappa shape index (κ3) is 4.81. The lowest BCUT2D eigenvalue weighted by molar-refractivity contribution is 0.0955. The highest BCUT2D eigenvalue weighted by Crippen LogP contribution is 2.27. The van der Waals surface area contributed by atoms with Gasteiger partial charge in [-0.15, -0.1) is 0 Å². The number of rotatable bonds is 7. The molecule has 0 fully saturated rings. The monoisotopic (exact) mass is 313 g/mol. The van der Waals surface area contributed by atoms with Crippen molar-refractivity contribution in [2.24, 2.45) is 5.10 Å². The maximum absolute atomic E-state index is 11.8. The van der Waals surface area contributed by atoms with Gasteiger partial charge in [0.15, 0.2) is 11.5 Å². The van der Waals surface area contributed by atoms with Crippen molar-refractivity contribution in [2.75, 3.05) is 13.7 Å². The Morgan fingerprint density at radius 1 is 1.26 bits per heavy atom. The zero-order valence-corrected chi connectivity index (χ0v) is 13.2. The maximum atomic E-state index is 11.8. The molecule has 0 unspecified atom stereocenters. The number of hydrogen-bond acceptors (Lipinski definition) is 5. The molecule has 0 aliphatic rings. The third-order valence-corrected chi connectivity index (χ3v) is 2.97. The highest BCUT2D eigenvalue weighted by atomic mass is 16.5. The molecule has 0 radical (unpaired) electrons. The van der Waals surface area contributed by atoms with Gasteiger partial charge in [-0.05, 0) is 42.3 Å². The molecule has 1 aromatic carbocycles. The van der Waals surface area contributed by atoms with Crippen molar-refractivity contribution in [3.63, 3.8) is 0 Å². The number of nitrogens with zero attached hydrogens (tertiary/aromatic N) is 2. The van der Waals surface area contributed by atoms with Crippen LogP contribution in [0, 0.1) is 0 Å². The number of pyridine rings is 1. The minimum Gasteiger partial charge on any atom is -0.493 e. The Morgan fingerprint density at radius 2 is 2.04 bits per heavy atom. The summed E-state index contributed by atoms with van der Waals surface area (Å²) in [5.74, 6) is 1.02. The van der Waals surface area contributed by atoms with Crippen LogP contribution in [-0.4, -0.2) is 30.8 Å². The Morgan fingerprint density at radius 3 is 2.74 bits per heavy atom. The molecule has 0 aliphatic heterocycles. The third-order valence-electron chi connectivity index (χ3n) is 2.97. The molecule has 0 saturated heterocycles. The second kappa shape index (κ2) is 8.53. The second-order valence-corrected chi connectivity index (χ2v) is 4.69. The van der Waals surface area contributed by atoms with Crippen LogP contribution in [0.2, 0.25) is 0 Å². The lowest BCUT2D eigenvalue weighted by Gasteiger charge is -2.10. The molecule has 1 aromatic heterocycles. The number of amides is 1. The zero-order valence-electron chi connectivity index (χ0n) is 13.2. The average molecular weight is 313 g/mol. The predicted octanol–water partition coefficient (Wildman–Crippen LogP) is 2.64. The van der Waals surface area contributed by atoms with Gasteiger partial charge < -0.3 is 9.47 Å². The number of aromatic nitrogens is 1. The van der Waals surface area contributed by atoms with E-state index in [0.717, 1.165) is 12.0 Å².